The van der Waals surface area contributed by atoms with Crippen molar-refractivity contribution >= 4 is 34.7 Å². The van der Waals surface area contributed by atoms with Crippen molar-refractivity contribution in [2.75, 3.05) is 13.0 Å². The molecule has 5 heteroatoms. The van der Waals surface area contributed by atoms with Gasteiger partial charge >= 0.3 is 5.97 Å². The van der Waals surface area contributed by atoms with Gasteiger partial charge in [0, 0.05) is 0 Å². The van der Waals surface area contributed by atoms with Gasteiger partial charge in [0.2, 0.25) is 0 Å². The van der Waals surface area contributed by atoms with Gasteiger partial charge in [-0.3, -0.25) is 4.79 Å². The van der Waals surface area contributed by atoms with E-state index in [2.05, 4.69) is 4.74 Å². The van der Waals surface area contributed by atoms with Crippen molar-refractivity contribution in [2.24, 2.45) is 0 Å². The van der Waals surface area contributed by atoms with Crippen LogP contribution in [-0.4, -0.2) is 24.7 Å². The zero-order valence-corrected chi connectivity index (χ0v) is 8.45. The van der Waals surface area contributed by atoms with Crippen LogP contribution in [-0.2, 0) is 4.74 Å². The summed E-state index contributed by atoms with van der Waals surface area (Å²) >= 11 is 6.44. The van der Waals surface area contributed by atoms with Crippen molar-refractivity contribution in [1.29, 1.82) is 0 Å². The van der Waals surface area contributed by atoms with E-state index >= 15 is 0 Å². The fourth-order valence-corrected chi connectivity index (χ4v) is 1.85. The van der Waals surface area contributed by atoms with Crippen molar-refractivity contribution in [3.8, 4) is 0 Å². The summed E-state index contributed by atoms with van der Waals surface area (Å²) in [7, 11) is 1.30. The molecule has 1 aromatic rings. The monoisotopic (exact) mass is 218 g/mol. The number of ketones is 1. The number of thiophene rings is 1. The minimum absolute atomic E-state index is 0.0683. The molecular formula is C8H7ClO3S. The van der Waals surface area contributed by atoms with E-state index < -0.39 is 5.97 Å². The highest BCUT2D eigenvalue weighted by Crippen LogP contribution is 2.18. The maximum Gasteiger partial charge on any atom is 0.348 e. The zero-order chi connectivity index (χ0) is 9.84. The van der Waals surface area contributed by atoms with E-state index in [1.54, 1.807) is 12.1 Å². The van der Waals surface area contributed by atoms with Crippen LogP contribution in [0.5, 0.6) is 0 Å². The smallest absolute Gasteiger partial charge is 0.348 e. The molecule has 13 heavy (non-hydrogen) atoms. The highest BCUT2D eigenvalue weighted by Gasteiger charge is 2.12. The lowest BCUT2D eigenvalue weighted by Gasteiger charge is -1.91. The van der Waals surface area contributed by atoms with Gasteiger partial charge in [0.1, 0.15) is 4.88 Å². The normalized spacial score (nSPS) is 9.69. The molecule has 0 amide bonds. The molecule has 1 heterocycles. The first-order chi connectivity index (χ1) is 6.19. The van der Waals surface area contributed by atoms with E-state index in [0.717, 1.165) is 11.3 Å². The van der Waals surface area contributed by atoms with Crippen LogP contribution in [0.4, 0.5) is 0 Å². The van der Waals surface area contributed by atoms with E-state index in [1.807, 2.05) is 0 Å². The van der Waals surface area contributed by atoms with Gasteiger partial charge in [-0.2, -0.15) is 0 Å². The van der Waals surface area contributed by atoms with Crippen LogP contribution in [0, 0.1) is 0 Å². The van der Waals surface area contributed by atoms with E-state index in [1.165, 1.54) is 7.11 Å². The number of halogens is 1. The van der Waals surface area contributed by atoms with Gasteiger partial charge < -0.3 is 4.74 Å². The molecule has 1 rings (SSSR count). The Labute approximate surface area is 84.3 Å². The Kier molecular flexibility index (Phi) is 3.45. The Morgan fingerprint density at radius 1 is 1.46 bits per heavy atom. The van der Waals surface area contributed by atoms with E-state index in [0.29, 0.717) is 9.75 Å². The maximum atomic E-state index is 11.1. The quantitative estimate of drug-likeness (QED) is 0.443. The number of ether oxygens (including phenoxy) is 1. The van der Waals surface area contributed by atoms with Crippen molar-refractivity contribution in [3.63, 3.8) is 0 Å². The number of carbonyl (C=O) groups excluding carboxylic acids is 2. The molecule has 0 N–H and O–H groups in total. The first-order valence-corrected chi connectivity index (χ1v) is 4.81. The highest BCUT2D eigenvalue weighted by molar-refractivity contribution is 7.16. The molecule has 0 spiro atoms. The molecule has 0 aromatic carbocycles. The zero-order valence-electron chi connectivity index (χ0n) is 6.87. The Morgan fingerprint density at radius 2 is 2.08 bits per heavy atom. The van der Waals surface area contributed by atoms with Crippen molar-refractivity contribution in [1.82, 2.24) is 0 Å². The summed E-state index contributed by atoms with van der Waals surface area (Å²) in [6.45, 7) is 0. The molecule has 0 radical (unpaired) electrons. The Balaban J connectivity index is 2.86. The van der Waals surface area contributed by atoms with Gasteiger partial charge in [-0.05, 0) is 12.1 Å². The molecule has 0 bridgehead atoms. The summed E-state index contributed by atoms with van der Waals surface area (Å²) in [5.74, 6) is -0.679. The second-order valence-electron chi connectivity index (χ2n) is 2.21. The maximum absolute atomic E-state index is 11.1. The number of hydrogen-bond acceptors (Lipinski definition) is 4. The number of alkyl halides is 1. The van der Waals surface area contributed by atoms with Crippen LogP contribution in [0.2, 0.25) is 0 Å². The number of carbonyl (C=O) groups is 2. The van der Waals surface area contributed by atoms with Crippen molar-refractivity contribution < 1.29 is 14.3 Å². The standard InChI is InChI=1S/C8H7ClO3S/c1-12-8(11)7-3-2-6(13-7)5(10)4-9/h2-3H,4H2,1H3. The average molecular weight is 219 g/mol. The van der Waals surface area contributed by atoms with E-state index in [4.69, 9.17) is 11.6 Å². The minimum atomic E-state index is -0.432. The number of Topliss-reactive ketones (excluding diaryl/α,β-unsaturated/α-hetero) is 1. The lowest BCUT2D eigenvalue weighted by Crippen LogP contribution is -1.98. The van der Waals surface area contributed by atoms with E-state index in [9.17, 15) is 9.59 Å². The van der Waals surface area contributed by atoms with Gasteiger partial charge in [0.15, 0.2) is 5.78 Å². The lowest BCUT2D eigenvalue weighted by molar-refractivity contribution is 0.0606. The molecular weight excluding hydrogens is 212 g/mol. The second kappa shape index (κ2) is 4.39. The van der Waals surface area contributed by atoms with Gasteiger partial charge in [-0.15, -0.1) is 22.9 Å². The molecule has 0 aliphatic heterocycles. The number of methoxy groups -OCH3 is 1. The molecule has 3 nitrogen and oxygen atoms in total. The average Bonchev–Trinajstić information content (AvgIpc) is 2.64. The van der Waals surface area contributed by atoms with Crippen LogP contribution < -0.4 is 0 Å². The summed E-state index contributed by atoms with van der Waals surface area (Å²) in [6, 6.07) is 3.12. The summed E-state index contributed by atoms with van der Waals surface area (Å²) in [6.07, 6.45) is 0. The molecule has 0 fully saturated rings. The van der Waals surface area contributed by atoms with Gasteiger partial charge in [-0.1, -0.05) is 0 Å². The summed E-state index contributed by atoms with van der Waals surface area (Å²) in [5.41, 5.74) is 0. The summed E-state index contributed by atoms with van der Waals surface area (Å²) in [4.78, 5) is 22.9. The van der Waals surface area contributed by atoms with Crippen LogP contribution >= 0.6 is 22.9 Å². The molecule has 0 unspecified atom stereocenters. The highest BCUT2D eigenvalue weighted by atomic mass is 35.5. The van der Waals surface area contributed by atoms with Gasteiger partial charge in [0.05, 0.1) is 17.9 Å². The molecule has 0 aliphatic carbocycles. The van der Waals surface area contributed by atoms with Gasteiger partial charge in [-0.25, -0.2) is 4.79 Å². The summed E-state index contributed by atoms with van der Waals surface area (Å²) < 4.78 is 4.49. The van der Waals surface area contributed by atoms with E-state index in [-0.39, 0.29) is 11.7 Å². The van der Waals surface area contributed by atoms with Crippen molar-refractivity contribution in [2.45, 2.75) is 0 Å². The predicted octanol–water partition coefficient (Wildman–Crippen LogP) is 1.96. The molecule has 0 atom stereocenters. The number of esters is 1. The Bertz CT molecular complexity index is 301. The fraction of sp³-hybridized carbons (Fsp3) is 0.250. The first-order valence-electron chi connectivity index (χ1n) is 3.46. The van der Waals surface area contributed by atoms with Crippen LogP contribution in [0.1, 0.15) is 19.3 Å². The molecule has 70 valence electrons. The lowest BCUT2D eigenvalue weighted by atomic mass is 10.3. The molecule has 0 saturated heterocycles. The fourth-order valence-electron chi connectivity index (χ4n) is 0.764. The molecule has 0 saturated carbocycles. The Hall–Kier alpha value is -0.870. The van der Waals surface area contributed by atoms with Gasteiger partial charge in [0.25, 0.3) is 0 Å². The third kappa shape index (κ3) is 2.29. The topological polar surface area (TPSA) is 43.4 Å². The summed E-state index contributed by atoms with van der Waals surface area (Å²) in [5, 5.41) is 0. The SMILES string of the molecule is COC(=O)c1ccc(C(=O)CCl)s1. The van der Waals surface area contributed by atoms with Crippen LogP contribution in [0.15, 0.2) is 12.1 Å². The van der Waals surface area contributed by atoms with Crippen LogP contribution in [0.25, 0.3) is 0 Å². The largest absolute Gasteiger partial charge is 0.465 e. The third-order valence-corrected chi connectivity index (χ3v) is 2.74. The Morgan fingerprint density at radius 3 is 2.62 bits per heavy atom. The molecule has 1 aromatic heterocycles. The third-order valence-electron chi connectivity index (χ3n) is 1.39. The molecule has 0 aliphatic rings. The van der Waals surface area contributed by atoms with Crippen molar-refractivity contribution in [3.05, 3.63) is 21.9 Å². The van der Waals surface area contributed by atoms with Crippen LogP contribution in [0.3, 0.4) is 0 Å². The second-order valence-corrected chi connectivity index (χ2v) is 3.56. The number of hydrogen-bond donors (Lipinski definition) is 0. The minimum Gasteiger partial charge on any atom is -0.465 e. The number of rotatable bonds is 3. The predicted molar refractivity (Wildman–Crippen MR) is 50.7 cm³/mol. The first kappa shape index (κ1) is 10.2.